The summed E-state index contributed by atoms with van der Waals surface area (Å²) in [7, 11) is 0. The summed E-state index contributed by atoms with van der Waals surface area (Å²) < 4.78 is 11.9. The van der Waals surface area contributed by atoms with E-state index < -0.39 is 0 Å². The van der Waals surface area contributed by atoms with E-state index in [1.54, 1.807) is 0 Å². The first-order valence-electron chi connectivity index (χ1n) is 23.0. The van der Waals surface area contributed by atoms with Crippen LogP contribution in [0.15, 0.2) is 243 Å². The van der Waals surface area contributed by atoms with E-state index in [1.807, 2.05) is 0 Å². The number of nitrogens with zero attached hydrogens (tertiary/aromatic N) is 2. The van der Waals surface area contributed by atoms with E-state index in [-0.39, 0.29) is 0 Å². The molecule has 0 aliphatic rings. The van der Waals surface area contributed by atoms with E-state index in [4.69, 9.17) is 4.74 Å². The van der Waals surface area contributed by atoms with Crippen LogP contribution >= 0.6 is 0 Å². The minimum Gasteiger partial charge on any atom is -0.456 e. The van der Waals surface area contributed by atoms with Crippen molar-refractivity contribution >= 4 is 86.7 Å². The Kier molecular flexibility index (Phi) is 8.28. The van der Waals surface area contributed by atoms with Crippen LogP contribution in [0.5, 0.6) is 11.5 Å². The van der Waals surface area contributed by atoms with Gasteiger partial charge in [-0.2, -0.15) is 0 Å². The first kappa shape index (κ1) is 37.5. The van der Waals surface area contributed by atoms with Crippen molar-refractivity contribution in [3.05, 3.63) is 243 Å². The number of aromatic nitrogens is 2. The van der Waals surface area contributed by atoms with Crippen molar-refractivity contribution in [1.29, 1.82) is 0 Å². The van der Waals surface area contributed by atoms with Gasteiger partial charge in [0.25, 0.3) is 0 Å². The van der Waals surface area contributed by atoms with Crippen LogP contribution in [-0.4, -0.2) is 9.13 Å². The second kappa shape index (κ2) is 14.8. The van der Waals surface area contributed by atoms with Crippen molar-refractivity contribution in [1.82, 2.24) is 9.13 Å². The zero-order valence-electron chi connectivity index (χ0n) is 36.4. The quantitative estimate of drug-likeness (QED) is 0.163. The largest absolute Gasteiger partial charge is 0.456 e. The van der Waals surface area contributed by atoms with Gasteiger partial charge in [-0.1, -0.05) is 194 Å². The highest BCUT2D eigenvalue weighted by molar-refractivity contribution is 6.15. The lowest BCUT2D eigenvalue weighted by Crippen LogP contribution is -1.97. The van der Waals surface area contributed by atoms with Crippen LogP contribution in [0, 0.1) is 0 Å². The van der Waals surface area contributed by atoms with Gasteiger partial charge in [-0.05, 0) is 92.3 Å². The summed E-state index contributed by atoms with van der Waals surface area (Å²) in [6.45, 7) is 0. The average Bonchev–Trinajstić information content (AvgIpc) is 3.91. The second-order valence-corrected chi connectivity index (χ2v) is 17.5. The minimum absolute atomic E-state index is 0.824. The molecular formula is C64H40N2O. The molecule has 67 heavy (non-hydrogen) atoms. The Labute approximate surface area is 386 Å². The molecule has 0 atom stereocenters. The Morgan fingerprint density at radius 2 is 0.433 bits per heavy atom. The average molecular weight is 853 g/mol. The molecule has 14 aromatic rings. The molecule has 312 valence electrons. The lowest BCUT2D eigenvalue weighted by Gasteiger charge is -2.18. The summed E-state index contributed by atoms with van der Waals surface area (Å²) >= 11 is 0. The maximum absolute atomic E-state index is 7.05. The normalized spacial score (nSPS) is 11.9. The summed E-state index contributed by atoms with van der Waals surface area (Å²) in [5, 5.41) is 14.3. The van der Waals surface area contributed by atoms with Crippen molar-refractivity contribution in [2.75, 3.05) is 0 Å². The molecule has 0 aliphatic carbocycles. The van der Waals surface area contributed by atoms with Crippen molar-refractivity contribution in [3.63, 3.8) is 0 Å². The summed E-state index contributed by atoms with van der Waals surface area (Å²) in [6, 6.07) is 87.8. The van der Waals surface area contributed by atoms with Gasteiger partial charge in [0, 0.05) is 43.1 Å². The van der Waals surface area contributed by atoms with Gasteiger partial charge in [-0.25, -0.2) is 0 Å². The number of fused-ring (bicyclic) bond motifs is 10. The molecule has 12 aromatic carbocycles. The molecule has 0 unspecified atom stereocenters. The molecule has 0 amide bonds. The van der Waals surface area contributed by atoms with Crippen molar-refractivity contribution in [2.24, 2.45) is 0 Å². The first-order chi connectivity index (χ1) is 33.3. The Hall–Kier alpha value is -8.92. The van der Waals surface area contributed by atoms with Gasteiger partial charge >= 0.3 is 0 Å². The number of rotatable bonds is 6. The summed E-state index contributed by atoms with van der Waals surface area (Å²) in [6.07, 6.45) is 0. The number of hydrogen-bond acceptors (Lipinski definition) is 1. The van der Waals surface area contributed by atoms with Crippen molar-refractivity contribution in [2.45, 2.75) is 0 Å². The van der Waals surface area contributed by atoms with Crippen LogP contribution in [0.1, 0.15) is 0 Å². The van der Waals surface area contributed by atoms with E-state index >= 15 is 0 Å². The minimum atomic E-state index is 0.824. The fourth-order valence-electron chi connectivity index (χ4n) is 11.1. The van der Waals surface area contributed by atoms with Crippen LogP contribution in [-0.2, 0) is 0 Å². The van der Waals surface area contributed by atoms with Crippen LogP contribution in [0.2, 0.25) is 0 Å². The molecule has 3 nitrogen and oxygen atoms in total. The third kappa shape index (κ3) is 5.65. The predicted octanol–water partition coefficient (Wildman–Crippen LogP) is 17.6. The van der Waals surface area contributed by atoms with Gasteiger partial charge in [-0.3, -0.25) is 0 Å². The molecule has 0 bridgehead atoms. The van der Waals surface area contributed by atoms with Gasteiger partial charge in [0.2, 0.25) is 0 Å². The number of ether oxygens (including phenoxy) is 1. The van der Waals surface area contributed by atoms with Crippen LogP contribution < -0.4 is 4.74 Å². The SMILES string of the molecule is c1ccc2c(-c3ccc(-n4c5ccccc5c5ccccc54)c4ccccc34)ccc(Oc3ccc(-c4ccc(-n5c6ccccc6c6ccccc65)c5ccccc45)c4ccccc34)c2c1. The van der Waals surface area contributed by atoms with Crippen LogP contribution in [0.3, 0.4) is 0 Å². The highest BCUT2D eigenvalue weighted by Gasteiger charge is 2.20. The van der Waals surface area contributed by atoms with Gasteiger partial charge < -0.3 is 13.9 Å². The molecule has 0 radical (unpaired) electrons. The molecule has 14 rings (SSSR count). The third-order valence-electron chi connectivity index (χ3n) is 14.0. The van der Waals surface area contributed by atoms with Gasteiger partial charge in [0.05, 0.1) is 33.4 Å². The van der Waals surface area contributed by atoms with Gasteiger partial charge in [0.15, 0.2) is 0 Å². The third-order valence-corrected chi connectivity index (χ3v) is 14.0. The molecule has 0 fully saturated rings. The standard InChI is InChI=1S/C64H40N2O/c1-5-21-49-41(17-1)45(33-37-61(49)65-57-29-13-9-23-51(57)52-24-10-14-30-58(52)65)47-35-39-63(55-27-7-3-19-43(47)55)67-64-40-36-48(44-20-4-8-28-56(44)64)46-34-38-62(50-22-6-2-18-42(46)50)66-59-31-15-11-25-53(59)54-26-12-16-32-60(54)66/h1-40H. The Bertz CT molecular complexity index is 3940. The molecule has 0 saturated carbocycles. The van der Waals surface area contributed by atoms with E-state index in [2.05, 4.69) is 252 Å². The predicted molar refractivity (Wildman–Crippen MR) is 283 cm³/mol. The van der Waals surface area contributed by atoms with E-state index in [0.717, 1.165) is 33.0 Å². The van der Waals surface area contributed by atoms with E-state index in [9.17, 15) is 0 Å². The summed E-state index contributed by atoms with van der Waals surface area (Å²) in [4.78, 5) is 0. The maximum atomic E-state index is 7.05. The van der Waals surface area contributed by atoms with E-state index in [0.29, 0.717) is 0 Å². The highest BCUT2D eigenvalue weighted by atomic mass is 16.5. The topological polar surface area (TPSA) is 19.1 Å². The maximum Gasteiger partial charge on any atom is 0.135 e. The van der Waals surface area contributed by atoms with Crippen LogP contribution in [0.25, 0.3) is 120 Å². The van der Waals surface area contributed by atoms with Crippen molar-refractivity contribution < 1.29 is 4.74 Å². The molecule has 3 heteroatoms. The molecule has 2 heterocycles. The number of hydrogen-bond donors (Lipinski definition) is 0. The lowest BCUT2D eigenvalue weighted by atomic mass is 9.92. The Morgan fingerprint density at radius 1 is 0.194 bits per heavy atom. The lowest BCUT2D eigenvalue weighted by molar-refractivity contribution is 0.494. The molecular weight excluding hydrogens is 813 g/mol. The molecule has 0 saturated heterocycles. The zero-order valence-corrected chi connectivity index (χ0v) is 36.4. The second-order valence-electron chi connectivity index (χ2n) is 17.5. The number of para-hydroxylation sites is 4. The van der Waals surface area contributed by atoms with Gasteiger partial charge in [-0.15, -0.1) is 0 Å². The first-order valence-corrected chi connectivity index (χ1v) is 23.0. The smallest absolute Gasteiger partial charge is 0.135 e. The van der Waals surface area contributed by atoms with Gasteiger partial charge in [0.1, 0.15) is 11.5 Å². The Balaban J connectivity index is 0.876. The molecule has 2 aromatic heterocycles. The highest BCUT2D eigenvalue weighted by Crippen LogP contribution is 2.45. The van der Waals surface area contributed by atoms with Crippen molar-refractivity contribution in [3.8, 4) is 45.1 Å². The zero-order chi connectivity index (χ0) is 44.0. The summed E-state index contributed by atoms with van der Waals surface area (Å²) in [5.41, 5.74) is 11.9. The fraction of sp³-hybridized carbons (Fsp3) is 0. The fourth-order valence-corrected chi connectivity index (χ4v) is 11.1. The summed E-state index contributed by atoms with van der Waals surface area (Å²) in [5.74, 6) is 1.65. The molecule has 0 N–H and O–H groups in total. The molecule has 0 aliphatic heterocycles. The number of benzene rings is 12. The monoisotopic (exact) mass is 852 g/mol. The Morgan fingerprint density at radius 3 is 0.761 bits per heavy atom. The molecule has 0 spiro atoms. The van der Waals surface area contributed by atoms with Crippen LogP contribution in [0.4, 0.5) is 0 Å². The van der Waals surface area contributed by atoms with E-state index in [1.165, 1.54) is 98.8 Å².